The zero-order valence-corrected chi connectivity index (χ0v) is 14.8. The molecule has 1 aromatic carbocycles. The first-order valence-electron chi connectivity index (χ1n) is 9.17. The number of fused-ring (bicyclic) bond motifs is 1. The van der Waals surface area contributed by atoms with Gasteiger partial charge in [-0.25, -0.2) is 0 Å². The van der Waals surface area contributed by atoms with Crippen LogP contribution >= 0.6 is 0 Å². The van der Waals surface area contributed by atoms with Crippen molar-refractivity contribution in [3.8, 4) is 11.3 Å². The minimum atomic E-state index is 0.240. The van der Waals surface area contributed by atoms with Gasteiger partial charge in [-0.3, -0.25) is 24.6 Å². The van der Waals surface area contributed by atoms with Gasteiger partial charge in [-0.2, -0.15) is 0 Å². The molecule has 1 aliphatic heterocycles. The predicted octanol–water partition coefficient (Wildman–Crippen LogP) is 3.29. The van der Waals surface area contributed by atoms with Crippen molar-refractivity contribution in [3.63, 3.8) is 0 Å². The van der Waals surface area contributed by atoms with Crippen LogP contribution in [0.4, 0.5) is 0 Å². The van der Waals surface area contributed by atoms with Gasteiger partial charge in [0.25, 0.3) is 0 Å². The molecule has 0 aliphatic carbocycles. The van der Waals surface area contributed by atoms with Crippen LogP contribution in [0.15, 0.2) is 49.1 Å². The Bertz CT molecular complexity index is 904. The number of carbonyl (C=O) groups is 1. The highest BCUT2D eigenvalue weighted by atomic mass is 16.1. The Morgan fingerprint density at radius 2 is 1.85 bits per heavy atom. The van der Waals surface area contributed by atoms with Crippen LogP contribution in [0.2, 0.25) is 0 Å². The van der Waals surface area contributed by atoms with E-state index in [0.717, 1.165) is 40.8 Å². The lowest BCUT2D eigenvalue weighted by molar-refractivity contribution is -0.119. The van der Waals surface area contributed by atoms with Gasteiger partial charge in [0.05, 0.1) is 24.9 Å². The SMILES string of the molecule is O=C(Cc1cc2cc(-c3cnccn3)ccc2cn1)CN1CCCCC1. The van der Waals surface area contributed by atoms with Crippen molar-refractivity contribution in [2.45, 2.75) is 25.7 Å². The van der Waals surface area contributed by atoms with Gasteiger partial charge in [-0.05, 0) is 43.5 Å². The lowest BCUT2D eigenvalue weighted by Gasteiger charge is -2.25. The molecule has 0 atom stereocenters. The van der Waals surface area contributed by atoms with Crippen LogP contribution in [-0.2, 0) is 11.2 Å². The average Bonchev–Trinajstić information content (AvgIpc) is 2.69. The molecule has 0 radical (unpaired) electrons. The second kappa shape index (κ2) is 7.70. The van der Waals surface area contributed by atoms with E-state index in [9.17, 15) is 4.79 Å². The Kier molecular flexibility index (Phi) is 4.97. The molecule has 2 aromatic heterocycles. The maximum atomic E-state index is 12.4. The number of pyridine rings is 1. The summed E-state index contributed by atoms with van der Waals surface area (Å²) in [5.74, 6) is 0.240. The smallest absolute Gasteiger partial charge is 0.152 e. The summed E-state index contributed by atoms with van der Waals surface area (Å²) >= 11 is 0. The molecule has 0 amide bonds. The molecule has 26 heavy (non-hydrogen) atoms. The quantitative estimate of drug-likeness (QED) is 0.709. The van der Waals surface area contributed by atoms with Crippen LogP contribution in [0.1, 0.15) is 25.0 Å². The first kappa shape index (κ1) is 16.8. The molecule has 5 heteroatoms. The van der Waals surface area contributed by atoms with Gasteiger partial charge in [0.1, 0.15) is 0 Å². The number of rotatable bonds is 5. The maximum absolute atomic E-state index is 12.4. The fourth-order valence-electron chi connectivity index (χ4n) is 3.52. The monoisotopic (exact) mass is 346 g/mol. The molecular formula is C21H22N4O. The molecule has 0 unspecified atom stereocenters. The lowest BCUT2D eigenvalue weighted by atomic mass is 10.0. The summed E-state index contributed by atoms with van der Waals surface area (Å²) in [6.45, 7) is 2.62. The van der Waals surface area contributed by atoms with Crippen LogP contribution in [-0.4, -0.2) is 45.3 Å². The Labute approximate surface area is 153 Å². The summed E-state index contributed by atoms with van der Waals surface area (Å²) < 4.78 is 0. The third-order valence-electron chi connectivity index (χ3n) is 4.86. The second-order valence-corrected chi connectivity index (χ2v) is 6.88. The maximum Gasteiger partial charge on any atom is 0.152 e. The van der Waals surface area contributed by atoms with Crippen LogP contribution in [0.25, 0.3) is 22.0 Å². The van der Waals surface area contributed by atoms with Crippen molar-refractivity contribution in [1.29, 1.82) is 0 Å². The van der Waals surface area contributed by atoms with Gasteiger partial charge in [0.2, 0.25) is 0 Å². The second-order valence-electron chi connectivity index (χ2n) is 6.88. The molecule has 0 spiro atoms. The van der Waals surface area contributed by atoms with Crippen LogP contribution in [0.3, 0.4) is 0 Å². The summed E-state index contributed by atoms with van der Waals surface area (Å²) in [7, 11) is 0. The molecule has 1 saturated heterocycles. The molecule has 0 bridgehead atoms. The lowest BCUT2D eigenvalue weighted by Crippen LogP contribution is -2.35. The number of piperidine rings is 1. The Morgan fingerprint density at radius 3 is 2.65 bits per heavy atom. The predicted molar refractivity (Wildman–Crippen MR) is 102 cm³/mol. The molecule has 3 heterocycles. The van der Waals surface area contributed by atoms with Gasteiger partial charge in [-0.1, -0.05) is 18.6 Å². The zero-order chi connectivity index (χ0) is 17.8. The van der Waals surface area contributed by atoms with Crippen molar-refractivity contribution in [2.75, 3.05) is 19.6 Å². The van der Waals surface area contributed by atoms with E-state index in [1.165, 1.54) is 19.3 Å². The number of carbonyl (C=O) groups excluding carboxylic acids is 1. The summed E-state index contributed by atoms with van der Waals surface area (Å²) in [5.41, 5.74) is 2.69. The Balaban J connectivity index is 1.51. The fourth-order valence-corrected chi connectivity index (χ4v) is 3.52. The highest BCUT2D eigenvalue weighted by Crippen LogP contribution is 2.22. The first-order valence-corrected chi connectivity index (χ1v) is 9.17. The zero-order valence-electron chi connectivity index (χ0n) is 14.8. The van der Waals surface area contributed by atoms with Crippen molar-refractivity contribution < 1.29 is 4.79 Å². The fraction of sp³-hybridized carbons (Fsp3) is 0.333. The summed E-state index contributed by atoms with van der Waals surface area (Å²) in [4.78, 5) is 27.6. The molecule has 4 rings (SSSR count). The van der Waals surface area contributed by atoms with Gasteiger partial charge in [0, 0.05) is 35.2 Å². The Hall–Kier alpha value is -2.66. The van der Waals surface area contributed by atoms with Gasteiger partial charge in [0.15, 0.2) is 5.78 Å². The van der Waals surface area contributed by atoms with E-state index in [2.05, 4.69) is 25.9 Å². The molecule has 0 saturated carbocycles. The summed E-state index contributed by atoms with van der Waals surface area (Å²) in [6.07, 6.45) is 11.0. The minimum Gasteiger partial charge on any atom is -0.298 e. The largest absolute Gasteiger partial charge is 0.298 e. The number of likely N-dealkylation sites (tertiary alicyclic amines) is 1. The average molecular weight is 346 g/mol. The van der Waals surface area contributed by atoms with Crippen LogP contribution in [0, 0.1) is 0 Å². The third kappa shape index (κ3) is 3.94. The van der Waals surface area contributed by atoms with Gasteiger partial charge in [-0.15, -0.1) is 0 Å². The van der Waals surface area contributed by atoms with E-state index in [-0.39, 0.29) is 5.78 Å². The van der Waals surface area contributed by atoms with Crippen LogP contribution in [0.5, 0.6) is 0 Å². The topological polar surface area (TPSA) is 59.0 Å². The molecule has 132 valence electrons. The molecule has 3 aromatic rings. The van der Waals surface area contributed by atoms with E-state index >= 15 is 0 Å². The minimum absolute atomic E-state index is 0.240. The van der Waals surface area contributed by atoms with Crippen molar-refractivity contribution >= 4 is 16.6 Å². The number of nitrogens with zero attached hydrogens (tertiary/aromatic N) is 4. The van der Waals surface area contributed by atoms with Crippen molar-refractivity contribution in [1.82, 2.24) is 19.9 Å². The summed E-state index contributed by atoms with van der Waals surface area (Å²) in [5, 5.41) is 2.13. The molecular weight excluding hydrogens is 324 g/mol. The standard InChI is InChI=1S/C21H22N4O/c26-20(15-25-8-2-1-3-9-25)12-19-11-18-10-16(4-5-17(18)13-24-19)21-14-22-6-7-23-21/h4-7,10-11,13-14H,1-3,8-9,12,15H2. The highest BCUT2D eigenvalue weighted by Gasteiger charge is 2.14. The normalized spacial score (nSPS) is 15.2. The van der Waals surface area contributed by atoms with E-state index in [0.29, 0.717) is 13.0 Å². The summed E-state index contributed by atoms with van der Waals surface area (Å²) in [6, 6.07) is 8.16. The van der Waals surface area contributed by atoms with E-state index < -0.39 is 0 Å². The Morgan fingerprint density at radius 1 is 0.962 bits per heavy atom. The number of hydrogen-bond donors (Lipinski definition) is 0. The molecule has 1 fully saturated rings. The van der Waals surface area contributed by atoms with E-state index in [1.807, 2.05) is 24.4 Å². The van der Waals surface area contributed by atoms with E-state index in [4.69, 9.17) is 0 Å². The number of benzene rings is 1. The van der Waals surface area contributed by atoms with E-state index in [1.54, 1.807) is 18.6 Å². The van der Waals surface area contributed by atoms with Crippen molar-refractivity contribution in [3.05, 3.63) is 54.7 Å². The molecule has 0 N–H and O–H groups in total. The number of hydrogen-bond acceptors (Lipinski definition) is 5. The van der Waals surface area contributed by atoms with Gasteiger partial charge < -0.3 is 0 Å². The van der Waals surface area contributed by atoms with Gasteiger partial charge >= 0.3 is 0 Å². The third-order valence-corrected chi connectivity index (χ3v) is 4.86. The first-order chi connectivity index (χ1) is 12.8. The highest BCUT2D eigenvalue weighted by molar-refractivity contribution is 5.88. The number of aromatic nitrogens is 3. The molecule has 1 aliphatic rings. The van der Waals surface area contributed by atoms with Crippen molar-refractivity contribution in [2.24, 2.45) is 0 Å². The number of Topliss-reactive ketones (excluding diaryl/α,β-unsaturated/α-hetero) is 1. The molecule has 5 nitrogen and oxygen atoms in total. The number of ketones is 1. The van der Waals surface area contributed by atoms with Crippen LogP contribution < -0.4 is 0 Å².